The van der Waals surface area contributed by atoms with E-state index in [0.29, 0.717) is 0 Å². The van der Waals surface area contributed by atoms with E-state index in [1.807, 2.05) is 20.8 Å². The van der Waals surface area contributed by atoms with E-state index in [-0.39, 0.29) is 5.54 Å². The van der Waals surface area contributed by atoms with Gasteiger partial charge < -0.3 is 5.11 Å². The van der Waals surface area contributed by atoms with E-state index < -0.39 is 12.0 Å². The minimum absolute atomic E-state index is 0.0855. The fourth-order valence-electron chi connectivity index (χ4n) is 0.750. The maximum absolute atomic E-state index is 10.4. The lowest BCUT2D eigenvalue weighted by atomic mass is 10.0. The van der Waals surface area contributed by atoms with Gasteiger partial charge >= 0.3 is 5.97 Å². The Morgan fingerprint density at radius 2 is 2.09 bits per heavy atom. The number of aliphatic carboxylic acids is 1. The standard InChI is InChI=1S/C8H17NO2/c1-5-8(3,4)9-6(2)7(10)11/h6,9H,5H2,1-4H3,(H,10,11)/t6-/m0/s1. The van der Waals surface area contributed by atoms with Gasteiger partial charge in [0.05, 0.1) is 0 Å². The zero-order valence-electron chi connectivity index (χ0n) is 7.64. The van der Waals surface area contributed by atoms with Crippen molar-refractivity contribution in [1.82, 2.24) is 5.32 Å². The largest absolute Gasteiger partial charge is 0.480 e. The number of nitrogens with one attached hydrogen (secondary N) is 1. The summed E-state index contributed by atoms with van der Waals surface area (Å²) in [6.45, 7) is 7.67. The number of carboxylic acids is 1. The lowest BCUT2D eigenvalue weighted by Crippen LogP contribution is -2.47. The van der Waals surface area contributed by atoms with Crippen LogP contribution in [0.15, 0.2) is 0 Å². The van der Waals surface area contributed by atoms with Crippen LogP contribution < -0.4 is 5.32 Å². The lowest BCUT2D eigenvalue weighted by molar-refractivity contribution is -0.139. The van der Waals surface area contributed by atoms with Crippen molar-refractivity contribution in [3.8, 4) is 0 Å². The van der Waals surface area contributed by atoms with Crippen LogP contribution >= 0.6 is 0 Å². The van der Waals surface area contributed by atoms with Crippen LogP contribution in [0, 0.1) is 0 Å². The highest BCUT2D eigenvalue weighted by molar-refractivity contribution is 5.72. The molecule has 66 valence electrons. The monoisotopic (exact) mass is 159 g/mol. The molecule has 0 radical (unpaired) electrons. The van der Waals surface area contributed by atoms with Crippen LogP contribution in [0.1, 0.15) is 34.1 Å². The summed E-state index contributed by atoms with van der Waals surface area (Å²) in [5.74, 6) is -0.800. The summed E-state index contributed by atoms with van der Waals surface area (Å²) in [5.41, 5.74) is -0.0855. The average Bonchev–Trinajstić information content (AvgIpc) is 1.87. The first-order chi connectivity index (χ1) is 4.89. The Kier molecular flexibility index (Phi) is 3.52. The van der Waals surface area contributed by atoms with Crippen molar-refractivity contribution in [2.75, 3.05) is 0 Å². The van der Waals surface area contributed by atoms with Gasteiger partial charge in [0.2, 0.25) is 0 Å². The third-order valence-corrected chi connectivity index (χ3v) is 1.86. The first-order valence-corrected chi connectivity index (χ1v) is 3.89. The third-order valence-electron chi connectivity index (χ3n) is 1.86. The first kappa shape index (κ1) is 10.4. The van der Waals surface area contributed by atoms with Crippen molar-refractivity contribution in [2.45, 2.75) is 45.7 Å². The zero-order valence-corrected chi connectivity index (χ0v) is 7.64. The highest BCUT2D eigenvalue weighted by atomic mass is 16.4. The summed E-state index contributed by atoms with van der Waals surface area (Å²) < 4.78 is 0. The lowest BCUT2D eigenvalue weighted by Gasteiger charge is -2.26. The zero-order chi connectivity index (χ0) is 9.07. The van der Waals surface area contributed by atoms with Gasteiger partial charge in [-0.3, -0.25) is 10.1 Å². The van der Waals surface area contributed by atoms with Crippen LogP contribution in [-0.2, 0) is 4.79 Å². The molecule has 3 nitrogen and oxygen atoms in total. The molecule has 0 saturated heterocycles. The predicted octanol–water partition coefficient (Wildman–Crippen LogP) is 1.24. The summed E-state index contributed by atoms with van der Waals surface area (Å²) in [5, 5.41) is 11.6. The second-order valence-electron chi connectivity index (χ2n) is 3.44. The van der Waals surface area contributed by atoms with E-state index >= 15 is 0 Å². The Balaban J connectivity index is 3.93. The quantitative estimate of drug-likeness (QED) is 0.648. The van der Waals surface area contributed by atoms with E-state index in [9.17, 15) is 4.79 Å². The predicted molar refractivity (Wildman–Crippen MR) is 44.6 cm³/mol. The van der Waals surface area contributed by atoms with Crippen LogP contribution in [0.4, 0.5) is 0 Å². The van der Waals surface area contributed by atoms with Crippen LogP contribution in [0.3, 0.4) is 0 Å². The second-order valence-corrected chi connectivity index (χ2v) is 3.44. The third kappa shape index (κ3) is 3.98. The van der Waals surface area contributed by atoms with Crippen LogP contribution in [0.25, 0.3) is 0 Å². The topological polar surface area (TPSA) is 49.3 Å². The fourth-order valence-corrected chi connectivity index (χ4v) is 0.750. The normalized spacial score (nSPS) is 14.5. The van der Waals surface area contributed by atoms with Gasteiger partial charge in [-0.05, 0) is 27.2 Å². The highest BCUT2D eigenvalue weighted by Gasteiger charge is 2.20. The van der Waals surface area contributed by atoms with E-state index in [1.165, 1.54) is 0 Å². The van der Waals surface area contributed by atoms with E-state index in [1.54, 1.807) is 6.92 Å². The Bertz CT molecular complexity index is 143. The van der Waals surface area contributed by atoms with Gasteiger partial charge in [-0.2, -0.15) is 0 Å². The molecule has 0 bridgehead atoms. The smallest absolute Gasteiger partial charge is 0.320 e. The maximum atomic E-state index is 10.4. The van der Waals surface area contributed by atoms with E-state index in [4.69, 9.17) is 5.11 Å². The molecule has 0 rings (SSSR count). The summed E-state index contributed by atoms with van der Waals surface area (Å²) in [6, 6.07) is -0.468. The molecule has 0 fully saturated rings. The van der Waals surface area contributed by atoms with Crippen molar-refractivity contribution in [3.63, 3.8) is 0 Å². The maximum Gasteiger partial charge on any atom is 0.320 e. The molecule has 11 heavy (non-hydrogen) atoms. The number of rotatable bonds is 4. The number of carbonyl (C=O) groups is 1. The Labute approximate surface area is 67.8 Å². The number of hydrogen-bond acceptors (Lipinski definition) is 2. The average molecular weight is 159 g/mol. The molecule has 0 aromatic heterocycles. The van der Waals surface area contributed by atoms with Gasteiger partial charge in [-0.25, -0.2) is 0 Å². The first-order valence-electron chi connectivity index (χ1n) is 3.89. The molecular weight excluding hydrogens is 142 g/mol. The van der Waals surface area contributed by atoms with Crippen molar-refractivity contribution in [3.05, 3.63) is 0 Å². The molecule has 0 heterocycles. The van der Waals surface area contributed by atoms with Gasteiger partial charge in [0, 0.05) is 5.54 Å². The fraction of sp³-hybridized carbons (Fsp3) is 0.875. The molecule has 0 aliphatic rings. The number of hydrogen-bond donors (Lipinski definition) is 2. The Hall–Kier alpha value is -0.570. The van der Waals surface area contributed by atoms with E-state index in [0.717, 1.165) is 6.42 Å². The minimum Gasteiger partial charge on any atom is -0.480 e. The van der Waals surface area contributed by atoms with Crippen molar-refractivity contribution in [2.24, 2.45) is 0 Å². The summed E-state index contributed by atoms with van der Waals surface area (Å²) in [7, 11) is 0. The van der Waals surface area contributed by atoms with Gasteiger partial charge in [0.15, 0.2) is 0 Å². The van der Waals surface area contributed by atoms with Crippen molar-refractivity contribution < 1.29 is 9.90 Å². The van der Waals surface area contributed by atoms with E-state index in [2.05, 4.69) is 5.32 Å². The molecule has 1 atom stereocenters. The highest BCUT2D eigenvalue weighted by Crippen LogP contribution is 2.07. The van der Waals surface area contributed by atoms with Gasteiger partial charge in [0.1, 0.15) is 6.04 Å². The molecule has 0 amide bonds. The van der Waals surface area contributed by atoms with Crippen LogP contribution in [0.2, 0.25) is 0 Å². The molecule has 0 aromatic rings. The molecule has 2 N–H and O–H groups in total. The van der Waals surface area contributed by atoms with Gasteiger partial charge in [0.25, 0.3) is 0 Å². The molecule has 0 unspecified atom stereocenters. The molecule has 0 aliphatic carbocycles. The van der Waals surface area contributed by atoms with Gasteiger partial charge in [-0.15, -0.1) is 0 Å². The minimum atomic E-state index is -0.800. The Morgan fingerprint density at radius 1 is 1.64 bits per heavy atom. The molecule has 0 saturated carbocycles. The van der Waals surface area contributed by atoms with Crippen molar-refractivity contribution >= 4 is 5.97 Å². The van der Waals surface area contributed by atoms with Crippen molar-refractivity contribution in [1.29, 1.82) is 0 Å². The summed E-state index contributed by atoms with van der Waals surface area (Å²) in [4.78, 5) is 10.4. The number of carboxylic acid groups (broad SMARTS) is 1. The molecule has 0 aliphatic heterocycles. The molecule has 0 aromatic carbocycles. The van der Waals surface area contributed by atoms with Gasteiger partial charge in [-0.1, -0.05) is 6.92 Å². The second kappa shape index (κ2) is 3.72. The summed E-state index contributed by atoms with van der Waals surface area (Å²) in [6.07, 6.45) is 0.921. The van der Waals surface area contributed by atoms with Crippen LogP contribution in [0.5, 0.6) is 0 Å². The SMILES string of the molecule is CCC(C)(C)N[C@@H](C)C(=O)O. The molecule has 3 heteroatoms. The summed E-state index contributed by atoms with van der Waals surface area (Å²) >= 11 is 0. The Morgan fingerprint density at radius 3 is 2.36 bits per heavy atom. The molecular formula is C8H17NO2. The van der Waals surface area contributed by atoms with Crippen LogP contribution in [-0.4, -0.2) is 22.7 Å². The molecule has 0 spiro atoms.